The second kappa shape index (κ2) is 3.77. The van der Waals surface area contributed by atoms with Gasteiger partial charge in [0.25, 0.3) is 0 Å². The maximum atomic E-state index is 12.3. The minimum atomic E-state index is -0.408. The molecule has 1 N–H and O–H groups in total. The maximum absolute atomic E-state index is 12.3. The van der Waals surface area contributed by atoms with E-state index in [1.54, 1.807) is 0 Å². The number of halogens is 2. The zero-order valence-electron chi connectivity index (χ0n) is 5.30. The van der Waals surface area contributed by atoms with Crippen LogP contribution < -0.4 is 5.32 Å². The number of rotatable bonds is 2. The number of aromatic nitrogens is 1. The van der Waals surface area contributed by atoms with Crippen LogP contribution in [0.3, 0.4) is 0 Å². The monoisotopic (exact) mass is 238 g/mol. The van der Waals surface area contributed by atoms with E-state index in [0.717, 1.165) is 17.5 Å². The molecule has 0 unspecified atom stereocenters. The first-order valence-electron chi connectivity index (χ1n) is 2.69. The van der Waals surface area contributed by atoms with Gasteiger partial charge in [0.15, 0.2) is 10.3 Å². The summed E-state index contributed by atoms with van der Waals surface area (Å²) in [5, 5.41) is 2.46. The molecular formula is C5H4BrFN2OS. The van der Waals surface area contributed by atoms with Crippen molar-refractivity contribution in [2.45, 2.75) is 0 Å². The van der Waals surface area contributed by atoms with Crippen molar-refractivity contribution in [2.24, 2.45) is 0 Å². The third-order valence-electron chi connectivity index (χ3n) is 0.845. The van der Waals surface area contributed by atoms with E-state index < -0.39 is 5.13 Å². The summed E-state index contributed by atoms with van der Waals surface area (Å²) in [6, 6.07) is 0. The third kappa shape index (κ3) is 2.55. The Morgan fingerprint density at radius 2 is 2.64 bits per heavy atom. The molecule has 0 spiro atoms. The molecule has 0 aliphatic heterocycles. The number of thiazole rings is 1. The van der Waals surface area contributed by atoms with Crippen molar-refractivity contribution in [3.8, 4) is 0 Å². The Morgan fingerprint density at radius 3 is 3.09 bits per heavy atom. The summed E-state index contributed by atoms with van der Waals surface area (Å²) in [6.45, 7) is 0. The molecule has 1 amide bonds. The van der Waals surface area contributed by atoms with Crippen molar-refractivity contribution in [3.05, 3.63) is 11.3 Å². The van der Waals surface area contributed by atoms with E-state index in [1.807, 2.05) is 0 Å². The highest BCUT2D eigenvalue weighted by molar-refractivity contribution is 9.09. The molecule has 1 aromatic heterocycles. The van der Waals surface area contributed by atoms with Crippen molar-refractivity contribution >= 4 is 38.3 Å². The Hall–Kier alpha value is -0.490. The fourth-order valence-corrected chi connectivity index (χ4v) is 1.17. The molecular weight excluding hydrogens is 235 g/mol. The van der Waals surface area contributed by atoms with Gasteiger partial charge in [-0.15, -0.1) is 0 Å². The summed E-state index contributed by atoms with van der Waals surface area (Å²) in [5.74, 6) is -0.237. The summed E-state index contributed by atoms with van der Waals surface area (Å²) in [6.07, 6.45) is 1.06. The lowest BCUT2D eigenvalue weighted by Gasteiger charge is -1.93. The number of anilines is 1. The van der Waals surface area contributed by atoms with Gasteiger partial charge in [-0.1, -0.05) is 27.3 Å². The molecule has 1 heterocycles. The topological polar surface area (TPSA) is 42.0 Å². The number of nitrogens with one attached hydrogen (secondary N) is 1. The molecule has 0 radical (unpaired) electrons. The van der Waals surface area contributed by atoms with E-state index in [0.29, 0.717) is 0 Å². The Kier molecular flexibility index (Phi) is 2.95. The van der Waals surface area contributed by atoms with Crippen LogP contribution >= 0.6 is 27.3 Å². The quantitative estimate of drug-likeness (QED) is 0.796. The van der Waals surface area contributed by atoms with Crippen LogP contribution in [0.25, 0.3) is 0 Å². The van der Waals surface area contributed by atoms with Crippen LogP contribution in [0.1, 0.15) is 0 Å². The molecule has 0 aromatic carbocycles. The van der Waals surface area contributed by atoms with Gasteiger partial charge in [0.1, 0.15) is 0 Å². The Morgan fingerprint density at radius 1 is 1.91 bits per heavy atom. The largest absolute Gasteiger partial charge is 0.301 e. The molecule has 0 atom stereocenters. The molecule has 6 heteroatoms. The van der Waals surface area contributed by atoms with Crippen LogP contribution in [0.5, 0.6) is 0 Å². The Labute approximate surface area is 74.8 Å². The van der Waals surface area contributed by atoms with Crippen molar-refractivity contribution in [1.82, 2.24) is 4.98 Å². The predicted octanol–water partition coefficient (Wildman–Crippen LogP) is 1.62. The second-order valence-electron chi connectivity index (χ2n) is 1.65. The number of hydrogen-bond acceptors (Lipinski definition) is 3. The van der Waals surface area contributed by atoms with E-state index in [9.17, 15) is 9.18 Å². The zero-order valence-corrected chi connectivity index (χ0v) is 7.71. The van der Waals surface area contributed by atoms with Crippen LogP contribution in [0, 0.1) is 5.13 Å². The SMILES string of the molecule is O=C(CBr)Nc1ncc(F)s1. The number of alkyl halides is 1. The average Bonchev–Trinajstić information content (AvgIpc) is 2.35. The first-order valence-corrected chi connectivity index (χ1v) is 4.63. The lowest BCUT2D eigenvalue weighted by Crippen LogP contribution is -2.11. The third-order valence-corrected chi connectivity index (χ3v) is 2.06. The lowest BCUT2D eigenvalue weighted by molar-refractivity contribution is -0.113. The molecule has 0 fully saturated rings. The molecule has 0 saturated carbocycles. The molecule has 0 aliphatic carbocycles. The standard InChI is InChI=1S/C5H4BrFN2OS/c6-1-4(10)9-5-8-2-3(7)11-5/h2H,1H2,(H,8,9,10). The van der Waals surface area contributed by atoms with Gasteiger partial charge in [-0.05, 0) is 0 Å². The summed E-state index contributed by atoms with van der Waals surface area (Å²) in [7, 11) is 0. The van der Waals surface area contributed by atoms with Gasteiger partial charge in [0.05, 0.1) is 11.5 Å². The molecule has 1 aromatic rings. The molecule has 1 rings (SSSR count). The number of carbonyl (C=O) groups is 1. The van der Waals surface area contributed by atoms with Gasteiger partial charge in [-0.2, -0.15) is 4.39 Å². The molecule has 0 aliphatic rings. The molecule has 0 saturated heterocycles. The van der Waals surface area contributed by atoms with Crippen LogP contribution in [0.4, 0.5) is 9.52 Å². The highest BCUT2D eigenvalue weighted by Crippen LogP contribution is 2.15. The van der Waals surface area contributed by atoms with E-state index in [4.69, 9.17) is 0 Å². The fraction of sp³-hybridized carbons (Fsp3) is 0.200. The van der Waals surface area contributed by atoms with Gasteiger partial charge in [0.2, 0.25) is 5.91 Å². The van der Waals surface area contributed by atoms with Gasteiger partial charge in [-0.3, -0.25) is 4.79 Å². The van der Waals surface area contributed by atoms with Gasteiger partial charge < -0.3 is 5.32 Å². The summed E-state index contributed by atoms with van der Waals surface area (Å²) >= 11 is 3.75. The highest BCUT2D eigenvalue weighted by atomic mass is 79.9. The number of nitrogens with zero attached hydrogens (tertiary/aromatic N) is 1. The van der Waals surface area contributed by atoms with Gasteiger partial charge in [0, 0.05) is 0 Å². The number of carbonyl (C=O) groups excluding carboxylic acids is 1. The maximum Gasteiger partial charge on any atom is 0.236 e. The van der Waals surface area contributed by atoms with Gasteiger partial charge >= 0.3 is 0 Å². The number of amides is 1. The highest BCUT2D eigenvalue weighted by Gasteiger charge is 2.03. The summed E-state index contributed by atoms with van der Waals surface area (Å²) in [4.78, 5) is 14.3. The Bertz CT molecular complexity index is 265. The summed E-state index contributed by atoms with van der Waals surface area (Å²) < 4.78 is 12.3. The van der Waals surface area contributed by atoms with E-state index in [1.165, 1.54) is 0 Å². The molecule has 11 heavy (non-hydrogen) atoms. The average molecular weight is 239 g/mol. The van der Waals surface area contributed by atoms with Crippen molar-refractivity contribution in [2.75, 3.05) is 10.6 Å². The smallest absolute Gasteiger partial charge is 0.236 e. The molecule has 60 valence electrons. The first kappa shape index (κ1) is 8.61. The van der Waals surface area contributed by atoms with E-state index in [-0.39, 0.29) is 16.4 Å². The molecule has 3 nitrogen and oxygen atoms in total. The zero-order chi connectivity index (χ0) is 8.27. The fourth-order valence-electron chi connectivity index (χ4n) is 0.465. The Balaban J connectivity index is 2.57. The van der Waals surface area contributed by atoms with E-state index >= 15 is 0 Å². The second-order valence-corrected chi connectivity index (χ2v) is 3.19. The van der Waals surface area contributed by atoms with Crippen LogP contribution in [0.2, 0.25) is 0 Å². The van der Waals surface area contributed by atoms with Crippen LogP contribution in [0.15, 0.2) is 6.20 Å². The molecule has 0 bridgehead atoms. The van der Waals surface area contributed by atoms with Crippen molar-refractivity contribution < 1.29 is 9.18 Å². The van der Waals surface area contributed by atoms with Crippen LogP contribution in [-0.4, -0.2) is 16.2 Å². The van der Waals surface area contributed by atoms with Crippen molar-refractivity contribution in [3.63, 3.8) is 0 Å². The van der Waals surface area contributed by atoms with E-state index in [2.05, 4.69) is 26.2 Å². The minimum absolute atomic E-state index is 0.189. The predicted molar refractivity (Wildman–Crippen MR) is 44.5 cm³/mol. The first-order chi connectivity index (χ1) is 5.22. The van der Waals surface area contributed by atoms with Gasteiger partial charge in [-0.25, -0.2) is 4.98 Å². The minimum Gasteiger partial charge on any atom is -0.301 e. The van der Waals surface area contributed by atoms with Crippen LogP contribution in [-0.2, 0) is 4.79 Å². The normalized spacial score (nSPS) is 9.64. The lowest BCUT2D eigenvalue weighted by atomic mass is 10.7. The van der Waals surface area contributed by atoms with Crippen molar-refractivity contribution in [1.29, 1.82) is 0 Å². The number of hydrogen-bond donors (Lipinski definition) is 1. The summed E-state index contributed by atoms with van der Waals surface area (Å²) in [5.41, 5.74) is 0.